The smallest absolute Gasteiger partial charge is 0.329 e. The van der Waals surface area contributed by atoms with E-state index in [2.05, 4.69) is 21.0 Å². The topological polar surface area (TPSA) is 69.4 Å². The number of nitrogens with one attached hydrogen (secondary N) is 1. The van der Waals surface area contributed by atoms with Crippen molar-refractivity contribution < 1.29 is 28.4 Å². The molecule has 0 heterocycles. The molecule has 0 spiro atoms. The molecule has 2 unspecified atom stereocenters. The van der Waals surface area contributed by atoms with Crippen LogP contribution in [0.1, 0.15) is 123 Å². The molecular weight excluding hydrogens is 461 g/mol. The Morgan fingerprint density at radius 1 is 0.743 bits per heavy atom. The van der Waals surface area contributed by atoms with Gasteiger partial charge in [-0.1, -0.05) is 96.8 Å². The van der Waals surface area contributed by atoms with E-state index in [-0.39, 0.29) is 11.7 Å². The van der Waals surface area contributed by atoms with Crippen LogP contribution in [0.3, 0.4) is 0 Å². The molecule has 0 amide bonds. The molecule has 0 fully saturated rings. The molecule has 35 heavy (non-hydrogen) atoms. The van der Waals surface area contributed by atoms with Gasteiger partial charge in [0.1, 0.15) is 5.78 Å². The number of rotatable bonds is 28. The Hall–Kier alpha value is -0.100. The van der Waals surface area contributed by atoms with Crippen LogP contribution in [0.15, 0.2) is 0 Å². The van der Waals surface area contributed by atoms with E-state index < -0.39 is 8.60 Å². The van der Waals surface area contributed by atoms with Crippen LogP contribution < -0.4 is 4.90 Å². The van der Waals surface area contributed by atoms with E-state index in [0.29, 0.717) is 26.2 Å². The average molecular weight is 521 g/mol. The third kappa shape index (κ3) is 28.3. The number of ether oxygens (including phenoxy) is 1. The van der Waals surface area contributed by atoms with Crippen molar-refractivity contribution in [1.29, 1.82) is 0 Å². The second kappa shape index (κ2) is 26.9. The summed E-state index contributed by atoms with van der Waals surface area (Å²) in [5.41, 5.74) is 0. The van der Waals surface area contributed by atoms with Crippen LogP contribution in [0.25, 0.3) is 0 Å². The number of Topliss-reactive ketones (excluding diaryl/α,β-unsaturated/α-hetero) is 1. The Kier molecular flexibility index (Phi) is 26.9. The molecule has 0 aliphatic rings. The fourth-order valence-corrected chi connectivity index (χ4v) is 4.87. The Morgan fingerprint density at radius 3 is 1.74 bits per heavy atom. The predicted molar refractivity (Wildman–Crippen MR) is 148 cm³/mol. The second-order valence-electron chi connectivity index (χ2n) is 10.5. The summed E-state index contributed by atoms with van der Waals surface area (Å²) in [6.45, 7) is 6.85. The highest BCUT2D eigenvalue weighted by Crippen LogP contribution is 2.33. The van der Waals surface area contributed by atoms with Gasteiger partial charge in [-0.05, 0) is 13.3 Å². The molecule has 0 saturated carbocycles. The lowest BCUT2D eigenvalue weighted by Gasteiger charge is -2.18. The van der Waals surface area contributed by atoms with Crippen LogP contribution in [-0.4, -0.2) is 57.7 Å². The molecule has 0 aromatic carbocycles. The molecule has 2 N–H and O–H groups in total. The summed E-state index contributed by atoms with van der Waals surface area (Å²) in [6, 6.07) is 0. The molecule has 2 atom stereocenters. The van der Waals surface area contributed by atoms with Crippen molar-refractivity contribution in [3.05, 3.63) is 0 Å². The van der Waals surface area contributed by atoms with Gasteiger partial charge in [-0.15, -0.1) is 0 Å². The van der Waals surface area contributed by atoms with Crippen molar-refractivity contribution in [1.82, 2.24) is 0 Å². The predicted octanol–water partition coefficient (Wildman–Crippen LogP) is 6.26. The largest absolute Gasteiger partial charge is 0.381 e. The van der Waals surface area contributed by atoms with E-state index in [1.807, 2.05) is 0 Å². The minimum atomic E-state index is -1.89. The van der Waals surface area contributed by atoms with Gasteiger partial charge >= 0.3 is 8.60 Å². The van der Waals surface area contributed by atoms with Crippen LogP contribution in [0.5, 0.6) is 0 Å². The van der Waals surface area contributed by atoms with Crippen molar-refractivity contribution in [3.63, 3.8) is 0 Å². The first kappa shape index (κ1) is 34.9. The van der Waals surface area contributed by atoms with E-state index in [1.54, 1.807) is 6.92 Å². The molecule has 0 aliphatic carbocycles. The van der Waals surface area contributed by atoms with Gasteiger partial charge in [-0.2, -0.15) is 0 Å². The third-order valence-corrected chi connectivity index (χ3v) is 7.04. The molecule has 0 bridgehead atoms. The number of hydrogen-bond donors (Lipinski definition) is 2. The van der Waals surface area contributed by atoms with Crippen LogP contribution in [0.4, 0.5) is 0 Å². The van der Waals surface area contributed by atoms with E-state index in [0.717, 1.165) is 26.0 Å². The van der Waals surface area contributed by atoms with E-state index >= 15 is 0 Å². The first-order valence-electron chi connectivity index (χ1n) is 14.6. The average Bonchev–Trinajstić information content (AvgIpc) is 2.81. The van der Waals surface area contributed by atoms with Gasteiger partial charge < -0.3 is 28.4 Å². The van der Waals surface area contributed by atoms with Gasteiger partial charge in [0.05, 0.1) is 40.5 Å². The first-order chi connectivity index (χ1) is 17.0. The van der Waals surface area contributed by atoms with E-state index in [1.165, 1.54) is 94.8 Å². The summed E-state index contributed by atoms with van der Waals surface area (Å²) in [4.78, 5) is 22.8. The summed E-state index contributed by atoms with van der Waals surface area (Å²) in [7, 11) is 2.29. The van der Waals surface area contributed by atoms with Crippen molar-refractivity contribution in [2.24, 2.45) is 5.92 Å². The van der Waals surface area contributed by atoms with Crippen molar-refractivity contribution in [3.8, 4) is 0 Å². The highest BCUT2D eigenvalue weighted by molar-refractivity contribution is 7.40. The molecule has 0 aromatic rings. The van der Waals surface area contributed by atoms with E-state index in [4.69, 9.17) is 13.8 Å². The monoisotopic (exact) mass is 520 g/mol. The Balaban J connectivity index is 3.58. The standard InChI is InChI=1S/C28H58NO5P/c1-5-6-7-8-9-10-11-12-13-14-15-16-17-18-19-22-32-25-28(24-27(2)30)26-34-35(31)33-23-20-21-29(3)4/h28,31H,5-26H2,1-4H3/p+1. The van der Waals surface area contributed by atoms with Crippen LogP contribution in [0, 0.1) is 5.92 Å². The van der Waals surface area contributed by atoms with E-state index in [9.17, 15) is 9.69 Å². The highest BCUT2D eigenvalue weighted by Gasteiger charge is 2.16. The summed E-state index contributed by atoms with van der Waals surface area (Å²) >= 11 is 0. The maximum atomic E-state index is 11.6. The zero-order valence-corrected chi connectivity index (χ0v) is 24.6. The van der Waals surface area contributed by atoms with Gasteiger partial charge in [0, 0.05) is 25.4 Å². The molecule has 210 valence electrons. The molecule has 7 heteroatoms. The van der Waals surface area contributed by atoms with Gasteiger partial charge in [-0.25, -0.2) is 0 Å². The number of ketones is 1. The minimum absolute atomic E-state index is 0.0317. The number of unbranched alkanes of at least 4 members (excludes halogenated alkanes) is 14. The lowest BCUT2D eigenvalue weighted by Crippen LogP contribution is -3.05. The minimum Gasteiger partial charge on any atom is -0.381 e. The number of hydrogen-bond acceptors (Lipinski definition) is 5. The Bertz CT molecular complexity index is 453. The normalized spacial score (nSPS) is 13.4. The Labute approximate surface area is 218 Å². The highest BCUT2D eigenvalue weighted by atomic mass is 31.2. The third-order valence-electron chi connectivity index (χ3n) is 6.27. The summed E-state index contributed by atoms with van der Waals surface area (Å²) in [6.07, 6.45) is 21.6. The van der Waals surface area contributed by atoms with Gasteiger partial charge in [0.25, 0.3) is 0 Å². The zero-order valence-electron chi connectivity index (χ0n) is 23.7. The summed E-state index contributed by atoms with van der Waals surface area (Å²) in [5, 5.41) is 0. The lowest BCUT2D eigenvalue weighted by atomic mass is 10.0. The molecule has 0 radical (unpaired) electrons. The fourth-order valence-electron chi connectivity index (χ4n) is 4.17. The Morgan fingerprint density at radius 2 is 1.26 bits per heavy atom. The zero-order chi connectivity index (χ0) is 26.0. The maximum absolute atomic E-state index is 11.6. The molecular formula is C28H59NO5P+. The number of carbonyl (C=O) groups excluding carboxylic acids is 1. The summed E-state index contributed by atoms with van der Waals surface area (Å²) < 4.78 is 16.6. The molecule has 6 nitrogen and oxygen atoms in total. The SMILES string of the molecule is CCCCCCCCCCCCCCCCCOCC(COP(O)OCCC[NH+](C)C)CC(C)=O. The second-order valence-corrected chi connectivity index (χ2v) is 11.5. The maximum Gasteiger partial charge on any atom is 0.329 e. The summed E-state index contributed by atoms with van der Waals surface area (Å²) in [5.74, 6) is 0.0853. The van der Waals surface area contributed by atoms with Crippen LogP contribution in [0.2, 0.25) is 0 Å². The van der Waals surface area contributed by atoms with Crippen LogP contribution in [-0.2, 0) is 18.6 Å². The lowest BCUT2D eigenvalue weighted by molar-refractivity contribution is -0.858. The number of quaternary nitrogens is 1. The fraction of sp³-hybridized carbons (Fsp3) is 0.964. The first-order valence-corrected chi connectivity index (χ1v) is 15.7. The van der Waals surface area contributed by atoms with Crippen LogP contribution >= 0.6 is 8.60 Å². The number of carbonyl (C=O) groups is 1. The molecule has 0 rings (SSSR count). The van der Waals surface area contributed by atoms with Crippen molar-refractivity contribution >= 4 is 14.4 Å². The quantitative estimate of drug-likeness (QED) is 0.0942. The van der Waals surface area contributed by atoms with Crippen molar-refractivity contribution in [2.75, 3.05) is 47.1 Å². The van der Waals surface area contributed by atoms with Gasteiger partial charge in [0.15, 0.2) is 0 Å². The van der Waals surface area contributed by atoms with Gasteiger partial charge in [-0.3, -0.25) is 0 Å². The molecule has 0 aromatic heterocycles. The molecule has 0 saturated heterocycles. The van der Waals surface area contributed by atoms with Gasteiger partial charge in [0.2, 0.25) is 0 Å². The molecule has 0 aliphatic heterocycles. The van der Waals surface area contributed by atoms with Crippen molar-refractivity contribution in [2.45, 2.75) is 123 Å².